The maximum absolute atomic E-state index is 13.0. The van der Waals surface area contributed by atoms with Crippen LogP contribution in [0.4, 0.5) is 5.69 Å². The van der Waals surface area contributed by atoms with Gasteiger partial charge in [-0.25, -0.2) is 8.42 Å². The number of anilines is 1. The van der Waals surface area contributed by atoms with Crippen LogP contribution in [0.3, 0.4) is 0 Å². The Bertz CT molecular complexity index is 839. The van der Waals surface area contributed by atoms with Crippen LogP contribution in [-0.2, 0) is 25.0 Å². The number of amides is 2. The Labute approximate surface area is 148 Å². The van der Waals surface area contributed by atoms with Crippen molar-refractivity contribution in [3.8, 4) is 0 Å². The van der Waals surface area contributed by atoms with Gasteiger partial charge in [0.05, 0.1) is 10.3 Å². The highest BCUT2D eigenvalue weighted by Crippen LogP contribution is 2.41. The van der Waals surface area contributed by atoms with Gasteiger partial charge in [-0.3, -0.25) is 9.59 Å². The number of fused-ring (bicyclic) bond motifs is 1. The molecule has 2 aliphatic rings. The smallest absolute Gasteiger partial charge is 0.243 e. The molecule has 8 heteroatoms. The molecule has 0 N–H and O–H groups in total. The van der Waals surface area contributed by atoms with Crippen LogP contribution in [0.25, 0.3) is 0 Å². The summed E-state index contributed by atoms with van der Waals surface area (Å²) in [5.41, 5.74) is 0.724. The van der Waals surface area contributed by atoms with Gasteiger partial charge in [0, 0.05) is 45.8 Å². The van der Waals surface area contributed by atoms with Gasteiger partial charge in [0.1, 0.15) is 0 Å². The zero-order chi connectivity index (χ0) is 18.6. The van der Waals surface area contributed by atoms with Gasteiger partial charge in [-0.1, -0.05) is 0 Å². The molecule has 1 fully saturated rings. The van der Waals surface area contributed by atoms with Crippen molar-refractivity contribution < 1.29 is 18.0 Å². The Kier molecular flexibility index (Phi) is 4.15. The van der Waals surface area contributed by atoms with Crippen LogP contribution in [-0.4, -0.2) is 62.7 Å². The molecule has 2 aliphatic heterocycles. The molecule has 25 heavy (non-hydrogen) atoms. The molecular weight excluding hydrogens is 342 g/mol. The molecule has 3 rings (SSSR count). The largest absolute Gasteiger partial charge is 0.340 e. The number of likely N-dealkylation sites (N-methyl/N-ethyl adjacent to an activating group) is 1. The highest BCUT2D eigenvalue weighted by molar-refractivity contribution is 7.89. The maximum Gasteiger partial charge on any atom is 0.243 e. The van der Waals surface area contributed by atoms with E-state index in [0.717, 1.165) is 11.3 Å². The third kappa shape index (κ3) is 2.73. The van der Waals surface area contributed by atoms with Crippen LogP contribution in [0.5, 0.6) is 0 Å². The molecule has 1 saturated heterocycles. The van der Waals surface area contributed by atoms with E-state index in [0.29, 0.717) is 13.1 Å². The van der Waals surface area contributed by atoms with Crippen LogP contribution < -0.4 is 4.90 Å². The summed E-state index contributed by atoms with van der Waals surface area (Å²) in [5, 5.41) is 0. The second-order valence-corrected chi connectivity index (χ2v) is 9.02. The maximum atomic E-state index is 13.0. The average Bonchev–Trinajstić information content (AvgIpc) is 2.75. The van der Waals surface area contributed by atoms with Crippen molar-refractivity contribution in [3.63, 3.8) is 0 Å². The Morgan fingerprint density at radius 1 is 1.12 bits per heavy atom. The predicted molar refractivity (Wildman–Crippen MR) is 93.9 cm³/mol. The first-order valence-electron chi connectivity index (χ1n) is 8.25. The van der Waals surface area contributed by atoms with E-state index in [-0.39, 0.29) is 29.8 Å². The topological polar surface area (TPSA) is 78.0 Å². The molecule has 2 heterocycles. The van der Waals surface area contributed by atoms with Crippen molar-refractivity contribution in [1.29, 1.82) is 0 Å². The summed E-state index contributed by atoms with van der Waals surface area (Å²) in [6, 6.07) is 4.86. The number of sulfonamides is 1. The van der Waals surface area contributed by atoms with E-state index in [4.69, 9.17) is 0 Å². The first-order chi connectivity index (χ1) is 11.6. The van der Waals surface area contributed by atoms with Crippen molar-refractivity contribution in [2.45, 2.75) is 31.1 Å². The predicted octanol–water partition coefficient (Wildman–Crippen LogP) is 0.793. The first kappa shape index (κ1) is 17.9. The number of piperazine rings is 1. The van der Waals surface area contributed by atoms with Crippen LogP contribution in [0.2, 0.25) is 0 Å². The van der Waals surface area contributed by atoms with Crippen molar-refractivity contribution in [2.24, 2.45) is 0 Å². The fraction of sp³-hybridized carbons (Fsp3) is 0.529. The molecule has 0 unspecified atom stereocenters. The van der Waals surface area contributed by atoms with Crippen LogP contribution in [0.1, 0.15) is 26.3 Å². The van der Waals surface area contributed by atoms with Crippen molar-refractivity contribution in [2.75, 3.05) is 38.1 Å². The summed E-state index contributed by atoms with van der Waals surface area (Å²) in [7, 11) is -1.95. The van der Waals surface area contributed by atoms with Gasteiger partial charge in [0.15, 0.2) is 0 Å². The lowest BCUT2D eigenvalue weighted by atomic mass is 9.86. The summed E-state index contributed by atoms with van der Waals surface area (Å²) in [5.74, 6) is -0.0926. The normalized spacial score (nSPS) is 20.7. The molecule has 0 aliphatic carbocycles. The highest BCUT2D eigenvalue weighted by Gasteiger charge is 2.43. The summed E-state index contributed by atoms with van der Waals surface area (Å²) in [6.45, 7) is 6.44. The molecule has 136 valence electrons. The first-order valence-corrected chi connectivity index (χ1v) is 9.69. The third-order valence-corrected chi connectivity index (χ3v) is 7.06. The number of nitrogens with zero attached hydrogens (tertiary/aromatic N) is 3. The minimum Gasteiger partial charge on any atom is -0.340 e. The number of carbonyl (C=O) groups excluding carboxylic acids is 2. The van der Waals surface area contributed by atoms with E-state index >= 15 is 0 Å². The minimum atomic E-state index is -3.65. The SMILES string of the molecule is CC(=O)N1CCN(S(=O)(=O)c2ccc3c(c2)C(C)(C)C(=O)N3C)CC1. The second-order valence-electron chi connectivity index (χ2n) is 7.08. The molecule has 0 aromatic heterocycles. The Balaban J connectivity index is 1.92. The van der Waals surface area contributed by atoms with Crippen molar-refractivity contribution in [3.05, 3.63) is 23.8 Å². The summed E-state index contributed by atoms with van der Waals surface area (Å²) < 4.78 is 27.3. The van der Waals surface area contributed by atoms with Gasteiger partial charge in [-0.05, 0) is 37.6 Å². The minimum absolute atomic E-state index is 0.0436. The molecule has 0 radical (unpaired) electrons. The van der Waals surface area contributed by atoms with Crippen LogP contribution in [0.15, 0.2) is 23.1 Å². The lowest BCUT2D eigenvalue weighted by Gasteiger charge is -2.33. The van der Waals surface area contributed by atoms with Gasteiger partial charge in [0.25, 0.3) is 0 Å². The fourth-order valence-electron chi connectivity index (χ4n) is 3.50. The number of hydrogen-bond acceptors (Lipinski definition) is 4. The standard InChI is InChI=1S/C17H23N3O4S/c1-12(21)19-7-9-20(10-8-19)25(23,24)13-5-6-15-14(11-13)17(2,3)16(22)18(15)4/h5-6,11H,7-10H2,1-4H3. The quantitative estimate of drug-likeness (QED) is 0.776. The zero-order valence-corrected chi connectivity index (χ0v) is 15.8. The monoisotopic (exact) mass is 365 g/mol. The summed E-state index contributed by atoms with van der Waals surface area (Å²) in [6.07, 6.45) is 0. The Morgan fingerprint density at radius 3 is 2.28 bits per heavy atom. The average molecular weight is 365 g/mol. The van der Waals surface area contributed by atoms with Gasteiger partial charge in [0.2, 0.25) is 21.8 Å². The fourth-order valence-corrected chi connectivity index (χ4v) is 4.95. The molecule has 1 aromatic carbocycles. The lowest BCUT2D eigenvalue weighted by Crippen LogP contribution is -2.49. The van der Waals surface area contributed by atoms with Crippen molar-refractivity contribution >= 4 is 27.5 Å². The summed E-state index contributed by atoms with van der Waals surface area (Å²) >= 11 is 0. The van der Waals surface area contributed by atoms with E-state index < -0.39 is 15.4 Å². The lowest BCUT2D eigenvalue weighted by molar-refractivity contribution is -0.130. The Morgan fingerprint density at radius 2 is 1.72 bits per heavy atom. The van der Waals surface area contributed by atoms with Gasteiger partial charge in [-0.15, -0.1) is 0 Å². The molecule has 2 amide bonds. The third-order valence-electron chi connectivity index (χ3n) is 5.16. The number of carbonyl (C=O) groups is 2. The number of hydrogen-bond donors (Lipinski definition) is 0. The molecule has 0 spiro atoms. The van der Waals surface area contributed by atoms with E-state index in [1.165, 1.54) is 11.2 Å². The second kappa shape index (κ2) is 5.81. The van der Waals surface area contributed by atoms with Gasteiger partial charge >= 0.3 is 0 Å². The molecule has 0 bridgehead atoms. The Hall–Kier alpha value is -1.93. The molecule has 0 atom stereocenters. The van der Waals surface area contributed by atoms with E-state index in [1.807, 2.05) is 0 Å². The zero-order valence-electron chi connectivity index (χ0n) is 14.9. The van der Waals surface area contributed by atoms with Crippen molar-refractivity contribution in [1.82, 2.24) is 9.21 Å². The van der Waals surface area contributed by atoms with E-state index in [1.54, 1.807) is 48.9 Å². The highest BCUT2D eigenvalue weighted by atomic mass is 32.2. The van der Waals surface area contributed by atoms with Crippen LogP contribution in [0, 0.1) is 0 Å². The van der Waals surface area contributed by atoms with E-state index in [2.05, 4.69) is 0 Å². The molecule has 0 saturated carbocycles. The number of benzene rings is 1. The number of rotatable bonds is 2. The van der Waals surface area contributed by atoms with Crippen LogP contribution >= 0.6 is 0 Å². The van der Waals surface area contributed by atoms with E-state index in [9.17, 15) is 18.0 Å². The molecule has 1 aromatic rings. The molecule has 7 nitrogen and oxygen atoms in total. The summed E-state index contributed by atoms with van der Waals surface area (Å²) in [4.78, 5) is 27.2. The van der Waals surface area contributed by atoms with Gasteiger partial charge < -0.3 is 9.80 Å². The molecular formula is C17H23N3O4S. The van der Waals surface area contributed by atoms with Gasteiger partial charge in [-0.2, -0.15) is 4.31 Å².